The molecule has 0 atom stereocenters. The molecule has 0 fully saturated rings. The van der Waals surface area contributed by atoms with Crippen molar-refractivity contribution in [3.63, 3.8) is 0 Å². The molecule has 5 aromatic rings. The molecule has 1 heteroatoms. The molecule has 0 bridgehead atoms. The first-order valence-corrected chi connectivity index (χ1v) is 9.73. The second-order valence-electron chi connectivity index (χ2n) is 6.58. The lowest BCUT2D eigenvalue weighted by atomic mass is 9.84. The number of benzene rings is 4. The molecular weight excluding hydrogens is 332 g/mol. The lowest BCUT2D eigenvalue weighted by Crippen LogP contribution is -2.03. The largest absolute Gasteiger partial charge is 0.135 e. The molecule has 1 aromatic heterocycles. The Bertz CT molecular complexity index is 1130. The Hall–Kier alpha value is -2.90. The van der Waals surface area contributed by atoms with Crippen LogP contribution in [0.25, 0.3) is 20.2 Å². The third kappa shape index (κ3) is 2.53. The van der Waals surface area contributed by atoms with E-state index >= 15 is 0 Å². The molecule has 0 saturated carbocycles. The summed E-state index contributed by atoms with van der Waals surface area (Å²) >= 11 is 1.91. The normalized spacial score (nSPS) is 11.4. The van der Waals surface area contributed by atoms with Gasteiger partial charge in [0.25, 0.3) is 0 Å². The number of hydrogen-bond acceptors (Lipinski definition) is 1. The van der Waals surface area contributed by atoms with E-state index in [2.05, 4.69) is 103 Å². The molecule has 0 saturated heterocycles. The van der Waals surface area contributed by atoms with Crippen LogP contribution in [0.1, 0.15) is 22.6 Å². The van der Waals surface area contributed by atoms with E-state index in [1.807, 2.05) is 11.3 Å². The maximum Gasteiger partial charge on any atom is 0.0397 e. The summed E-state index contributed by atoms with van der Waals surface area (Å²) < 4.78 is 2.75. The Morgan fingerprint density at radius 3 is 1.77 bits per heavy atom. The Kier molecular flexibility index (Phi) is 3.80. The highest BCUT2D eigenvalue weighted by Crippen LogP contribution is 2.42. The number of hydrogen-bond donors (Lipinski definition) is 0. The summed E-state index contributed by atoms with van der Waals surface area (Å²) in [6.07, 6.45) is 0. The van der Waals surface area contributed by atoms with Crippen molar-refractivity contribution < 1.29 is 0 Å². The van der Waals surface area contributed by atoms with Crippen LogP contribution in [0.15, 0.2) is 103 Å². The van der Waals surface area contributed by atoms with Crippen molar-refractivity contribution in [2.75, 3.05) is 0 Å². The molecule has 1 heterocycles. The minimum atomic E-state index is 0.245. The third-order valence-corrected chi connectivity index (χ3v) is 6.25. The first-order valence-electron chi connectivity index (χ1n) is 8.92. The zero-order chi connectivity index (χ0) is 17.3. The van der Waals surface area contributed by atoms with E-state index in [1.54, 1.807) is 0 Å². The smallest absolute Gasteiger partial charge is 0.0397 e. The zero-order valence-corrected chi connectivity index (χ0v) is 15.1. The van der Waals surface area contributed by atoms with Gasteiger partial charge in [0.2, 0.25) is 0 Å². The van der Waals surface area contributed by atoms with Crippen molar-refractivity contribution in [3.8, 4) is 0 Å². The van der Waals surface area contributed by atoms with Crippen molar-refractivity contribution in [2.24, 2.45) is 0 Å². The van der Waals surface area contributed by atoms with E-state index < -0.39 is 0 Å². The van der Waals surface area contributed by atoms with Crippen LogP contribution in [0.5, 0.6) is 0 Å². The molecule has 0 unspecified atom stereocenters. The van der Waals surface area contributed by atoms with E-state index in [1.165, 1.54) is 36.9 Å². The predicted molar refractivity (Wildman–Crippen MR) is 113 cm³/mol. The SMILES string of the molecule is c1ccc(C(c2ccccc2)c2cccc3c2sc2ccccc23)cc1. The Morgan fingerprint density at radius 1 is 0.500 bits per heavy atom. The van der Waals surface area contributed by atoms with Crippen LogP contribution in [0.2, 0.25) is 0 Å². The summed E-state index contributed by atoms with van der Waals surface area (Å²) in [5.74, 6) is 0.245. The van der Waals surface area contributed by atoms with Crippen LogP contribution in [-0.4, -0.2) is 0 Å². The van der Waals surface area contributed by atoms with Gasteiger partial charge in [0.05, 0.1) is 0 Å². The fraction of sp³-hybridized carbons (Fsp3) is 0.0400. The number of thiophene rings is 1. The average Bonchev–Trinajstić information content (AvgIpc) is 3.10. The first-order chi connectivity index (χ1) is 12.9. The van der Waals surface area contributed by atoms with E-state index in [4.69, 9.17) is 0 Å². The summed E-state index contributed by atoms with van der Waals surface area (Å²) in [6.45, 7) is 0. The fourth-order valence-corrected chi connectivity index (χ4v) is 5.09. The van der Waals surface area contributed by atoms with Gasteiger partial charge in [-0.3, -0.25) is 0 Å². The quantitative estimate of drug-likeness (QED) is 0.301. The van der Waals surface area contributed by atoms with Crippen molar-refractivity contribution in [1.82, 2.24) is 0 Å². The Labute approximate surface area is 157 Å². The fourth-order valence-electron chi connectivity index (χ4n) is 3.84. The van der Waals surface area contributed by atoms with Gasteiger partial charge in [0.1, 0.15) is 0 Å². The van der Waals surface area contributed by atoms with Gasteiger partial charge in [-0.15, -0.1) is 11.3 Å². The molecule has 0 aliphatic rings. The van der Waals surface area contributed by atoms with Crippen LogP contribution in [-0.2, 0) is 0 Å². The molecule has 0 amide bonds. The summed E-state index contributed by atoms with van der Waals surface area (Å²) in [4.78, 5) is 0. The van der Waals surface area contributed by atoms with E-state index in [0.717, 1.165) is 0 Å². The van der Waals surface area contributed by atoms with Gasteiger partial charge in [-0.2, -0.15) is 0 Å². The van der Waals surface area contributed by atoms with Gasteiger partial charge in [0, 0.05) is 26.1 Å². The van der Waals surface area contributed by atoms with Crippen LogP contribution in [0.4, 0.5) is 0 Å². The molecule has 5 rings (SSSR count). The van der Waals surface area contributed by atoms with Crippen molar-refractivity contribution >= 4 is 31.5 Å². The minimum Gasteiger partial charge on any atom is -0.135 e. The Balaban J connectivity index is 1.82. The second kappa shape index (κ2) is 6.44. The summed E-state index contributed by atoms with van der Waals surface area (Å²) in [6, 6.07) is 37.2. The molecule has 124 valence electrons. The highest BCUT2D eigenvalue weighted by atomic mass is 32.1. The van der Waals surface area contributed by atoms with Gasteiger partial charge in [0.15, 0.2) is 0 Å². The maximum absolute atomic E-state index is 2.29. The summed E-state index contributed by atoms with van der Waals surface area (Å²) in [7, 11) is 0. The molecule has 0 N–H and O–H groups in total. The van der Waals surface area contributed by atoms with Crippen LogP contribution >= 0.6 is 11.3 Å². The average molecular weight is 350 g/mol. The molecule has 0 aliphatic heterocycles. The van der Waals surface area contributed by atoms with Gasteiger partial charge in [-0.05, 0) is 22.8 Å². The van der Waals surface area contributed by atoms with Gasteiger partial charge < -0.3 is 0 Å². The van der Waals surface area contributed by atoms with E-state index in [0.29, 0.717) is 0 Å². The van der Waals surface area contributed by atoms with Crippen LogP contribution < -0.4 is 0 Å². The molecule has 26 heavy (non-hydrogen) atoms. The van der Waals surface area contributed by atoms with Crippen molar-refractivity contribution in [3.05, 3.63) is 120 Å². The molecule has 0 nitrogen and oxygen atoms in total. The maximum atomic E-state index is 2.29. The van der Waals surface area contributed by atoms with Crippen LogP contribution in [0, 0.1) is 0 Å². The standard InChI is InChI=1S/C25H18S/c1-3-10-18(11-4-1)24(19-12-5-2-6-13-19)22-16-9-15-21-20-14-7-8-17-23(20)26-25(21)22/h1-17,24H. The highest BCUT2D eigenvalue weighted by molar-refractivity contribution is 7.26. The summed E-state index contributed by atoms with van der Waals surface area (Å²) in [5.41, 5.74) is 4.06. The lowest BCUT2D eigenvalue weighted by Gasteiger charge is -2.19. The minimum absolute atomic E-state index is 0.245. The van der Waals surface area contributed by atoms with Crippen molar-refractivity contribution in [2.45, 2.75) is 5.92 Å². The highest BCUT2D eigenvalue weighted by Gasteiger charge is 2.20. The second-order valence-corrected chi connectivity index (χ2v) is 7.63. The Morgan fingerprint density at radius 2 is 1.08 bits per heavy atom. The number of fused-ring (bicyclic) bond motifs is 3. The molecular formula is C25H18S. The summed E-state index contributed by atoms with van der Waals surface area (Å²) in [5, 5.41) is 2.72. The molecule has 0 aliphatic carbocycles. The van der Waals surface area contributed by atoms with Gasteiger partial charge in [-0.25, -0.2) is 0 Å². The molecule has 0 radical (unpaired) electrons. The van der Waals surface area contributed by atoms with Crippen molar-refractivity contribution in [1.29, 1.82) is 0 Å². The monoisotopic (exact) mass is 350 g/mol. The van der Waals surface area contributed by atoms with Gasteiger partial charge in [-0.1, -0.05) is 97.1 Å². The third-order valence-electron chi connectivity index (χ3n) is 5.01. The van der Waals surface area contributed by atoms with Crippen LogP contribution in [0.3, 0.4) is 0 Å². The molecule has 4 aromatic carbocycles. The van der Waals surface area contributed by atoms with E-state index in [-0.39, 0.29) is 5.92 Å². The van der Waals surface area contributed by atoms with Gasteiger partial charge >= 0.3 is 0 Å². The topological polar surface area (TPSA) is 0 Å². The lowest BCUT2D eigenvalue weighted by molar-refractivity contribution is 0.991. The molecule has 0 spiro atoms. The zero-order valence-electron chi connectivity index (χ0n) is 14.3. The number of rotatable bonds is 3. The first kappa shape index (κ1) is 15.4. The predicted octanol–water partition coefficient (Wildman–Crippen LogP) is 7.23. The van der Waals surface area contributed by atoms with E-state index in [9.17, 15) is 0 Å².